The van der Waals surface area contributed by atoms with Crippen LogP contribution in [-0.2, 0) is 6.54 Å². The number of hydrogen-bond acceptors (Lipinski definition) is 4. The molecular formula is C11H16ClN3O. The Labute approximate surface area is 100 Å². The molecule has 0 spiro atoms. The SMILES string of the molecule is OCC1CCCN(Cc2ccnc(Cl)n2)C1. The number of aromatic nitrogens is 2. The van der Waals surface area contributed by atoms with Crippen molar-refractivity contribution in [2.45, 2.75) is 19.4 Å². The highest BCUT2D eigenvalue weighted by Gasteiger charge is 2.19. The second-order valence-corrected chi connectivity index (χ2v) is 4.58. The average Bonchev–Trinajstić information content (AvgIpc) is 2.29. The number of aliphatic hydroxyl groups excluding tert-OH is 1. The van der Waals surface area contributed by atoms with Gasteiger partial charge < -0.3 is 5.11 Å². The van der Waals surface area contributed by atoms with Crippen LogP contribution >= 0.6 is 11.6 Å². The first-order valence-corrected chi connectivity index (χ1v) is 5.96. The molecule has 2 rings (SSSR count). The highest BCUT2D eigenvalue weighted by Crippen LogP contribution is 2.17. The summed E-state index contributed by atoms with van der Waals surface area (Å²) >= 11 is 5.74. The van der Waals surface area contributed by atoms with Gasteiger partial charge in [0.2, 0.25) is 5.28 Å². The molecule has 1 N–H and O–H groups in total. The van der Waals surface area contributed by atoms with Gasteiger partial charge in [0.05, 0.1) is 5.69 Å². The number of piperidine rings is 1. The van der Waals surface area contributed by atoms with Crippen LogP contribution in [0.2, 0.25) is 5.28 Å². The van der Waals surface area contributed by atoms with Gasteiger partial charge in [0.25, 0.3) is 0 Å². The molecule has 4 nitrogen and oxygen atoms in total. The standard InChI is InChI=1S/C11H16ClN3O/c12-11-13-4-3-10(14-11)7-15-5-1-2-9(6-15)8-16/h3-4,9,16H,1-2,5-8H2. The molecule has 0 aliphatic carbocycles. The van der Waals surface area contributed by atoms with Crippen molar-refractivity contribution in [2.75, 3.05) is 19.7 Å². The molecule has 0 bridgehead atoms. The normalized spacial score (nSPS) is 22.2. The highest BCUT2D eigenvalue weighted by molar-refractivity contribution is 6.28. The monoisotopic (exact) mass is 241 g/mol. The van der Waals surface area contributed by atoms with Crippen LogP contribution in [0.15, 0.2) is 12.3 Å². The Kier molecular flexibility index (Phi) is 4.09. The minimum absolute atomic E-state index is 0.279. The number of aliphatic hydroxyl groups is 1. The van der Waals surface area contributed by atoms with E-state index in [1.54, 1.807) is 6.20 Å². The Hall–Kier alpha value is -0.710. The number of hydrogen-bond donors (Lipinski definition) is 1. The van der Waals surface area contributed by atoms with E-state index in [1.165, 1.54) is 0 Å². The summed E-state index contributed by atoms with van der Waals surface area (Å²) in [5.41, 5.74) is 0.943. The molecule has 1 atom stereocenters. The predicted octanol–water partition coefficient (Wildman–Crippen LogP) is 1.33. The van der Waals surface area contributed by atoms with Gasteiger partial charge in [-0.25, -0.2) is 9.97 Å². The maximum absolute atomic E-state index is 9.15. The van der Waals surface area contributed by atoms with Crippen LogP contribution < -0.4 is 0 Å². The summed E-state index contributed by atoms with van der Waals surface area (Å²) in [6.07, 6.45) is 3.94. The lowest BCUT2D eigenvalue weighted by Gasteiger charge is -2.31. The second kappa shape index (κ2) is 5.57. The molecule has 1 aliphatic rings. The minimum Gasteiger partial charge on any atom is -0.396 e. The maximum atomic E-state index is 9.15. The fraction of sp³-hybridized carbons (Fsp3) is 0.636. The zero-order valence-electron chi connectivity index (χ0n) is 9.14. The van der Waals surface area contributed by atoms with Crippen LogP contribution in [0.1, 0.15) is 18.5 Å². The number of halogens is 1. The van der Waals surface area contributed by atoms with E-state index in [0.717, 1.165) is 38.2 Å². The Morgan fingerprint density at radius 1 is 1.56 bits per heavy atom. The van der Waals surface area contributed by atoms with Gasteiger partial charge in [-0.2, -0.15) is 0 Å². The van der Waals surface area contributed by atoms with Crippen molar-refractivity contribution >= 4 is 11.6 Å². The first kappa shape index (κ1) is 11.8. The Balaban J connectivity index is 1.94. The van der Waals surface area contributed by atoms with E-state index in [2.05, 4.69) is 14.9 Å². The molecule has 0 aromatic carbocycles. The predicted molar refractivity (Wildman–Crippen MR) is 62.1 cm³/mol. The third-order valence-electron chi connectivity index (χ3n) is 2.93. The van der Waals surface area contributed by atoms with Crippen molar-refractivity contribution in [2.24, 2.45) is 5.92 Å². The fourth-order valence-corrected chi connectivity index (χ4v) is 2.30. The molecule has 0 saturated carbocycles. The summed E-state index contributed by atoms with van der Waals surface area (Å²) in [4.78, 5) is 10.3. The summed E-state index contributed by atoms with van der Waals surface area (Å²) < 4.78 is 0. The van der Waals surface area contributed by atoms with E-state index in [9.17, 15) is 0 Å². The maximum Gasteiger partial charge on any atom is 0.222 e. The molecule has 2 heterocycles. The van der Waals surface area contributed by atoms with Crippen LogP contribution in [0.3, 0.4) is 0 Å². The lowest BCUT2D eigenvalue weighted by atomic mass is 9.99. The first-order chi connectivity index (χ1) is 7.78. The van der Waals surface area contributed by atoms with Gasteiger partial charge >= 0.3 is 0 Å². The van der Waals surface area contributed by atoms with Crippen molar-refractivity contribution < 1.29 is 5.11 Å². The van der Waals surface area contributed by atoms with Crippen molar-refractivity contribution in [3.05, 3.63) is 23.2 Å². The van der Waals surface area contributed by atoms with Crippen LogP contribution in [-0.4, -0.2) is 39.7 Å². The van der Waals surface area contributed by atoms with Gasteiger partial charge in [-0.3, -0.25) is 4.90 Å². The van der Waals surface area contributed by atoms with Crippen LogP contribution in [0, 0.1) is 5.92 Å². The van der Waals surface area contributed by atoms with Crippen molar-refractivity contribution in [1.29, 1.82) is 0 Å². The van der Waals surface area contributed by atoms with Crippen molar-refractivity contribution in [3.63, 3.8) is 0 Å². The second-order valence-electron chi connectivity index (χ2n) is 4.24. The summed E-state index contributed by atoms with van der Waals surface area (Å²) in [5.74, 6) is 0.408. The summed E-state index contributed by atoms with van der Waals surface area (Å²) in [7, 11) is 0. The van der Waals surface area contributed by atoms with Crippen LogP contribution in [0.4, 0.5) is 0 Å². The van der Waals surface area contributed by atoms with Gasteiger partial charge in [0.1, 0.15) is 0 Å². The Morgan fingerprint density at radius 2 is 2.44 bits per heavy atom. The van der Waals surface area contributed by atoms with Crippen molar-refractivity contribution in [1.82, 2.24) is 14.9 Å². The van der Waals surface area contributed by atoms with Gasteiger partial charge in [-0.15, -0.1) is 0 Å². The summed E-state index contributed by atoms with van der Waals surface area (Å²) in [5, 5.41) is 9.44. The number of likely N-dealkylation sites (tertiary alicyclic amines) is 1. The molecule has 5 heteroatoms. The van der Waals surface area contributed by atoms with Crippen LogP contribution in [0.5, 0.6) is 0 Å². The van der Waals surface area contributed by atoms with E-state index in [4.69, 9.17) is 16.7 Å². The quantitative estimate of drug-likeness (QED) is 0.812. The van der Waals surface area contributed by atoms with Gasteiger partial charge in [-0.1, -0.05) is 0 Å². The van der Waals surface area contributed by atoms with Crippen molar-refractivity contribution in [3.8, 4) is 0 Å². The largest absolute Gasteiger partial charge is 0.396 e. The Bertz CT molecular complexity index is 348. The molecule has 0 radical (unpaired) electrons. The lowest BCUT2D eigenvalue weighted by molar-refractivity contribution is 0.115. The third kappa shape index (κ3) is 3.14. The van der Waals surface area contributed by atoms with Gasteiger partial charge in [0.15, 0.2) is 0 Å². The summed E-state index contributed by atoms with van der Waals surface area (Å²) in [6.45, 7) is 3.08. The third-order valence-corrected chi connectivity index (χ3v) is 3.11. The highest BCUT2D eigenvalue weighted by atomic mass is 35.5. The molecule has 1 fully saturated rings. The first-order valence-electron chi connectivity index (χ1n) is 5.58. The van der Waals surface area contributed by atoms with Gasteiger partial charge in [0, 0.05) is 25.9 Å². The number of rotatable bonds is 3. The zero-order chi connectivity index (χ0) is 11.4. The van der Waals surface area contributed by atoms with E-state index >= 15 is 0 Å². The molecule has 1 unspecified atom stereocenters. The topological polar surface area (TPSA) is 49.2 Å². The van der Waals surface area contributed by atoms with Gasteiger partial charge in [-0.05, 0) is 43.0 Å². The molecule has 16 heavy (non-hydrogen) atoms. The summed E-state index contributed by atoms with van der Waals surface area (Å²) in [6, 6.07) is 1.88. The van der Waals surface area contributed by atoms with Crippen LogP contribution in [0.25, 0.3) is 0 Å². The fourth-order valence-electron chi connectivity index (χ4n) is 2.13. The molecule has 1 saturated heterocycles. The number of nitrogens with zero attached hydrogens (tertiary/aromatic N) is 3. The minimum atomic E-state index is 0.279. The van der Waals surface area contributed by atoms with E-state index in [-0.39, 0.29) is 6.61 Å². The lowest BCUT2D eigenvalue weighted by Crippen LogP contribution is -2.36. The molecule has 1 aromatic rings. The molecule has 88 valence electrons. The van der Waals surface area contributed by atoms with E-state index in [0.29, 0.717) is 11.2 Å². The zero-order valence-corrected chi connectivity index (χ0v) is 9.90. The van der Waals surface area contributed by atoms with E-state index < -0.39 is 0 Å². The Morgan fingerprint density at radius 3 is 3.19 bits per heavy atom. The molecule has 1 aromatic heterocycles. The molecular weight excluding hydrogens is 226 g/mol. The molecule has 1 aliphatic heterocycles. The van der Waals surface area contributed by atoms with E-state index in [1.807, 2.05) is 6.07 Å². The smallest absolute Gasteiger partial charge is 0.222 e. The molecule has 0 amide bonds. The average molecular weight is 242 g/mol.